The van der Waals surface area contributed by atoms with Crippen LogP contribution in [0.2, 0.25) is 5.02 Å². The van der Waals surface area contributed by atoms with Gasteiger partial charge in [-0.05, 0) is 52.3 Å². The molecule has 1 heterocycles. The van der Waals surface area contributed by atoms with Crippen LogP contribution in [0.25, 0.3) is 11.4 Å². The fraction of sp³-hybridized carbons (Fsp3) is 0.125. The SMILES string of the molecule is COc1c(Br)cc(Cl)cc1S(=O)(=O)Nc1ccc(-c2nncn2C)cc1. The first-order valence-electron chi connectivity index (χ1n) is 7.32. The molecule has 0 amide bonds. The van der Waals surface area contributed by atoms with Gasteiger partial charge in [0.25, 0.3) is 10.0 Å². The summed E-state index contributed by atoms with van der Waals surface area (Å²) in [7, 11) is -0.678. The van der Waals surface area contributed by atoms with Crippen LogP contribution in [0, 0.1) is 0 Å². The quantitative estimate of drug-likeness (QED) is 0.631. The third kappa shape index (κ3) is 3.69. The standard InChI is InChI=1S/C16H14BrClN4O3S/c1-22-9-19-20-16(22)10-3-5-12(6-4-10)21-26(23,24)14-8-11(18)7-13(17)15(14)25-2/h3-9,21H,1-2H3. The number of nitrogens with zero attached hydrogens (tertiary/aromatic N) is 3. The molecule has 2 aromatic carbocycles. The van der Waals surface area contributed by atoms with Gasteiger partial charge in [0.1, 0.15) is 11.2 Å². The number of rotatable bonds is 5. The number of nitrogens with one attached hydrogen (secondary N) is 1. The van der Waals surface area contributed by atoms with Crippen molar-refractivity contribution < 1.29 is 13.2 Å². The summed E-state index contributed by atoms with van der Waals surface area (Å²) in [6, 6.07) is 9.71. The number of sulfonamides is 1. The molecule has 136 valence electrons. The van der Waals surface area contributed by atoms with Gasteiger partial charge in [0.05, 0.1) is 11.6 Å². The smallest absolute Gasteiger partial charge is 0.265 e. The summed E-state index contributed by atoms with van der Waals surface area (Å²) < 4.78 is 35.4. The molecular formula is C16H14BrClN4O3S. The van der Waals surface area contributed by atoms with Crippen molar-refractivity contribution in [1.29, 1.82) is 0 Å². The topological polar surface area (TPSA) is 86.1 Å². The lowest BCUT2D eigenvalue weighted by Crippen LogP contribution is -2.14. The van der Waals surface area contributed by atoms with Crippen molar-refractivity contribution in [3.63, 3.8) is 0 Å². The summed E-state index contributed by atoms with van der Waals surface area (Å²) in [5.74, 6) is 0.859. The van der Waals surface area contributed by atoms with E-state index in [1.54, 1.807) is 41.2 Å². The number of hydrogen-bond acceptors (Lipinski definition) is 5. The lowest BCUT2D eigenvalue weighted by atomic mass is 10.2. The number of aryl methyl sites for hydroxylation is 1. The Morgan fingerprint density at radius 3 is 2.50 bits per heavy atom. The summed E-state index contributed by atoms with van der Waals surface area (Å²) >= 11 is 9.25. The Balaban J connectivity index is 1.92. The molecule has 0 atom stereocenters. The minimum absolute atomic E-state index is 0.0586. The summed E-state index contributed by atoms with van der Waals surface area (Å²) in [6.45, 7) is 0. The van der Waals surface area contributed by atoms with Gasteiger partial charge in [0.2, 0.25) is 0 Å². The van der Waals surface area contributed by atoms with Crippen LogP contribution < -0.4 is 9.46 Å². The molecule has 0 aliphatic heterocycles. The number of aromatic nitrogens is 3. The minimum Gasteiger partial charge on any atom is -0.494 e. The summed E-state index contributed by atoms with van der Waals surface area (Å²) in [4.78, 5) is -0.0586. The van der Waals surface area contributed by atoms with Gasteiger partial charge in [0, 0.05) is 23.3 Å². The van der Waals surface area contributed by atoms with Crippen molar-refractivity contribution in [2.75, 3.05) is 11.8 Å². The Hall–Kier alpha value is -2.10. The second-order valence-corrected chi connectivity index (χ2v) is 8.31. The van der Waals surface area contributed by atoms with Crippen molar-refractivity contribution in [2.24, 2.45) is 7.05 Å². The van der Waals surface area contributed by atoms with Crippen molar-refractivity contribution in [3.05, 3.63) is 52.2 Å². The highest BCUT2D eigenvalue weighted by Gasteiger charge is 2.23. The zero-order valence-corrected chi connectivity index (χ0v) is 16.9. The Labute approximate surface area is 164 Å². The molecule has 0 radical (unpaired) electrons. The van der Waals surface area contributed by atoms with E-state index in [2.05, 4.69) is 30.8 Å². The van der Waals surface area contributed by atoms with Crippen LogP contribution in [0.1, 0.15) is 0 Å². The van der Waals surface area contributed by atoms with Gasteiger partial charge in [-0.3, -0.25) is 4.72 Å². The first-order valence-corrected chi connectivity index (χ1v) is 9.97. The average molecular weight is 458 g/mol. The maximum absolute atomic E-state index is 12.8. The van der Waals surface area contributed by atoms with Crippen molar-refractivity contribution in [1.82, 2.24) is 14.8 Å². The van der Waals surface area contributed by atoms with Gasteiger partial charge >= 0.3 is 0 Å². The van der Waals surface area contributed by atoms with Gasteiger partial charge in [-0.25, -0.2) is 8.42 Å². The van der Waals surface area contributed by atoms with E-state index < -0.39 is 10.0 Å². The van der Waals surface area contributed by atoms with Gasteiger partial charge in [-0.2, -0.15) is 0 Å². The molecule has 0 fully saturated rings. The maximum atomic E-state index is 12.8. The molecule has 7 nitrogen and oxygen atoms in total. The molecule has 0 saturated carbocycles. The Morgan fingerprint density at radius 2 is 1.92 bits per heavy atom. The lowest BCUT2D eigenvalue weighted by molar-refractivity contribution is 0.400. The zero-order chi connectivity index (χ0) is 18.9. The minimum atomic E-state index is -3.90. The van der Waals surface area contributed by atoms with Gasteiger partial charge in [-0.15, -0.1) is 10.2 Å². The molecule has 0 saturated heterocycles. The number of halogens is 2. The number of ether oxygens (including phenoxy) is 1. The van der Waals surface area contributed by atoms with E-state index >= 15 is 0 Å². The molecular weight excluding hydrogens is 444 g/mol. The molecule has 3 aromatic rings. The summed E-state index contributed by atoms with van der Waals surface area (Å²) in [5, 5.41) is 8.12. The van der Waals surface area contributed by atoms with E-state index in [0.29, 0.717) is 16.0 Å². The van der Waals surface area contributed by atoms with E-state index in [9.17, 15) is 8.42 Å². The number of benzene rings is 2. The normalized spacial score (nSPS) is 11.4. The van der Waals surface area contributed by atoms with Crippen LogP contribution >= 0.6 is 27.5 Å². The highest BCUT2D eigenvalue weighted by atomic mass is 79.9. The van der Waals surface area contributed by atoms with E-state index in [4.69, 9.17) is 16.3 Å². The third-order valence-electron chi connectivity index (χ3n) is 3.57. The number of hydrogen-bond donors (Lipinski definition) is 1. The molecule has 1 aromatic heterocycles. The third-order valence-corrected chi connectivity index (χ3v) is 5.77. The van der Waals surface area contributed by atoms with Gasteiger partial charge in [0.15, 0.2) is 11.6 Å². The fourth-order valence-corrected chi connectivity index (χ4v) is 4.82. The molecule has 0 bridgehead atoms. The molecule has 1 N–H and O–H groups in total. The maximum Gasteiger partial charge on any atom is 0.265 e. The van der Waals surface area contributed by atoms with Crippen LogP contribution in [0.5, 0.6) is 5.75 Å². The Bertz CT molecular complexity index is 1050. The van der Waals surface area contributed by atoms with Crippen molar-refractivity contribution in [3.8, 4) is 17.1 Å². The van der Waals surface area contributed by atoms with Gasteiger partial charge < -0.3 is 9.30 Å². The lowest BCUT2D eigenvalue weighted by Gasteiger charge is -2.13. The largest absolute Gasteiger partial charge is 0.494 e. The summed E-state index contributed by atoms with van der Waals surface area (Å²) in [5.41, 5.74) is 1.21. The van der Waals surface area contributed by atoms with Crippen LogP contribution in [-0.2, 0) is 17.1 Å². The number of methoxy groups -OCH3 is 1. The van der Waals surface area contributed by atoms with E-state index in [1.807, 2.05) is 7.05 Å². The highest BCUT2D eigenvalue weighted by molar-refractivity contribution is 9.10. The average Bonchev–Trinajstić information content (AvgIpc) is 3.00. The van der Waals surface area contributed by atoms with E-state index in [0.717, 1.165) is 5.56 Å². The molecule has 0 aliphatic carbocycles. The van der Waals surface area contributed by atoms with Crippen molar-refractivity contribution >= 4 is 43.2 Å². The molecule has 26 heavy (non-hydrogen) atoms. The monoisotopic (exact) mass is 456 g/mol. The second-order valence-electron chi connectivity index (χ2n) is 5.37. The van der Waals surface area contributed by atoms with Gasteiger partial charge in [-0.1, -0.05) is 11.6 Å². The molecule has 0 aliphatic rings. The first kappa shape index (κ1) is 18.7. The predicted molar refractivity (Wildman–Crippen MR) is 103 cm³/mol. The Morgan fingerprint density at radius 1 is 1.23 bits per heavy atom. The molecule has 0 unspecified atom stereocenters. The van der Waals surface area contributed by atoms with E-state index in [1.165, 1.54) is 13.2 Å². The molecule has 0 spiro atoms. The molecule has 3 rings (SSSR count). The van der Waals surface area contributed by atoms with Crippen LogP contribution in [0.15, 0.2) is 52.1 Å². The second kappa shape index (κ2) is 7.26. The van der Waals surface area contributed by atoms with Crippen LogP contribution in [-0.4, -0.2) is 30.3 Å². The predicted octanol–water partition coefficient (Wildman–Crippen LogP) is 3.71. The van der Waals surface area contributed by atoms with Crippen LogP contribution in [0.4, 0.5) is 5.69 Å². The Kier molecular flexibility index (Phi) is 5.22. The highest BCUT2D eigenvalue weighted by Crippen LogP contribution is 2.36. The fourth-order valence-electron chi connectivity index (χ4n) is 2.38. The summed E-state index contributed by atoms with van der Waals surface area (Å²) in [6.07, 6.45) is 1.59. The van der Waals surface area contributed by atoms with Crippen molar-refractivity contribution in [2.45, 2.75) is 4.90 Å². The first-order chi connectivity index (χ1) is 12.3. The zero-order valence-electron chi connectivity index (χ0n) is 13.8. The van der Waals surface area contributed by atoms with E-state index in [-0.39, 0.29) is 15.7 Å². The van der Waals surface area contributed by atoms with Crippen LogP contribution in [0.3, 0.4) is 0 Å². The number of anilines is 1. The molecule has 10 heteroatoms.